The normalized spacial score (nSPS) is 16.9. The molecule has 1 aliphatic heterocycles. The van der Waals surface area contributed by atoms with Crippen LogP contribution in [-0.2, 0) is 38.1 Å². The summed E-state index contributed by atoms with van der Waals surface area (Å²) in [5.41, 5.74) is 1.49. The molecule has 226 valence electrons. The second-order valence-electron chi connectivity index (χ2n) is 10.2. The Bertz CT molecular complexity index is 1110. The van der Waals surface area contributed by atoms with Gasteiger partial charge in [0.15, 0.2) is 17.7 Å². The molecule has 2 amide bonds. The van der Waals surface area contributed by atoms with Crippen molar-refractivity contribution in [1.29, 1.82) is 0 Å². The number of aliphatic hydroxyl groups is 1. The molecule has 1 N–H and O–H groups in total. The molecule has 1 saturated heterocycles. The van der Waals surface area contributed by atoms with Crippen molar-refractivity contribution < 1.29 is 48.0 Å². The summed E-state index contributed by atoms with van der Waals surface area (Å²) in [4.78, 5) is 65.5. The Morgan fingerprint density at radius 3 is 2.39 bits per heavy atom. The third kappa shape index (κ3) is 10.2. The zero-order valence-corrected chi connectivity index (χ0v) is 24.4. The molecule has 3 atom stereocenters. The van der Waals surface area contributed by atoms with Crippen LogP contribution in [0.5, 0.6) is 0 Å². The van der Waals surface area contributed by atoms with E-state index in [1.165, 1.54) is 6.92 Å². The van der Waals surface area contributed by atoms with E-state index in [2.05, 4.69) is 0 Å². The molecule has 2 rings (SSSR count). The average Bonchev–Trinajstić information content (AvgIpc) is 3.32. The van der Waals surface area contributed by atoms with Crippen molar-refractivity contribution in [3.05, 3.63) is 41.5 Å². The lowest BCUT2D eigenvalue weighted by Crippen LogP contribution is -2.48. The highest BCUT2D eigenvalue weighted by Crippen LogP contribution is 2.26. The van der Waals surface area contributed by atoms with Crippen LogP contribution in [0.15, 0.2) is 30.3 Å². The van der Waals surface area contributed by atoms with E-state index in [1.54, 1.807) is 18.2 Å². The highest BCUT2D eigenvalue weighted by Gasteiger charge is 2.44. The Morgan fingerprint density at radius 2 is 1.78 bits per heavy atom. The van der Waals surface area contributed by atoms with Crippen LogP contribution in [0.25, 0.3) is 5.57 Å². The number of amides is 2. The first-order valence-electron chi connectivity index (χ1n) is 13.8. The van der Waals surface area contributed by atoms with Crippen LogP contribution in [0.2, 0.25) is 0 Å². The molecule has 0 aliphatic carbocycles. The number of imide groups is 1. The predicted molar refractivity (Wildman–Crippen MR) is 149 cm³/mol. The molecular formula is C30H41NO10. The zero-order chi connectivity index (χ0) is 30.5. The minimum atomic E-state index is -1.56. The Morgan fingerprint density at radius 1 is 1.10 bits per heavy atom. The smallest absolute Gasteiger partial charge is 0.416 e. The van der Waals surface area contributed by atoms with Crippen LogP contribution in [0, 0.1) is 18.8 Å². The molecule has 0 radical (unpaired) electrons. The van der Waals surface area contributed by atoms with Gasteiger partial charge >= 0.3 is 12.1 Å². The monoisotopic (exact) mass is 575 g/mol. The highest BCUT2D eigenvalue weighted by atomic mass is 16.6. The van der Waals surface area contributed by atoms with Crippen LogP contribution < -0.4 is 0 Å². The summed E-state index contributed by atoms with van der Waals surface area (Å²) < 4.78 is 20.9. The van der Waals surface area contributed by atoms with E-state index in [9.17, 15) is 24.0 Å². The SMILES string of the molecule is CC(=O)O[C@H](C(=O)C=C(C(=O)CCCOCCOCCO)c1cccc(C)c1)[C@H](C)C(=O)N1C(=O)OC[C@@H]1C(C)C. The van der Waals surface area contributed by atoms with Crippen molar-refractivity contribution >= 4 is 35.1 Å². The third-order valence-corrected chi connectivity index (χ3v) is 6.55. The second kappa shape index (κ2) is 16.8. The van der Waals surface area contributed by atoms with Crippen LogP contribution in [0.3, 0.4) is 0 Å². The number of nitrogens with zero attached hydrogens (tertiary/aromatic N) is 1. The first kappa shape index (κ1) is 33.8. The topological polar surface area (TPSA) is 146 Å². The molecule has 1 aliphatic rings. The number of rotatable bonds is 17. The van der Waals surface area contributed by atoms with Gasteiger partial charge in [-0.2, -0.15) is 0 Å². The second-order valence-corrected chi connectivity index (χ2v) is 10.2. The Labute approximate surface area is 240 Å². The number of carbonyl (C=O) groups is 5. The van der Waals surface area contributed by atoms with E-state index in [1.807, 2.05) is 26.8 Å². The fourth-order valence-corrected chi connectivity index (χ4v) is 4.33. The largest absolute Gasteiger partial charge is 0.453 e. The molecule has 0 spiro atoms. The molecule has 11 heteroatoms. The van der Waals surface area contributed by atoms with Gasteiger partial charge in [-0.1, -0.05) is 43.7 Å². The highest BCUT2D eigenvalue weighted by molar-refractivity contribution is 6.25. The summed E-state index contributed by atoms with van der Waals surface area (Å²) in [5.74, 6) is -3.88. The number of allylic oxidation sites excluding steroid dienone is 1. The first-order chi connectivity index (χ1) is 19.5. The van der Waals surface area contributed by atoms with Crippen LogP contribution in [-0.4, -0.2) is 91.3 Å². The maximum Gasteiger partial charge on any atom is 0.416 e. The molecule has 0 aromatic heterocycles. The number of cyclic esters (lactones) is 1. The van der Waals surface area contributed by atoms with Gasteiger partial charge in [0.2, 0.25) is 5.91 Å². The van der Waals surface area contributed by atoms with Crippen molar-refractivity contribution in [2.24, 2.45) is 11.8 Å². The number of ether oxygens (including phenoxy) is 4. The summed E-state index contributed by atoms with van der Waals surface area (Å²) in [5, 5.41) is 8.72. The lowest BCUT2D eigenvalue weighted by Gasteiger charge is -2.28. The number of hydrogen-bond donors (Lipinski definition) is 1. The van der Waals surface area contributed by atoms with Gasteiger partial charge in [0.05, 0.1) is 38.4 Å². The number of esters is 1. The summed E-state index contributed by atoms with van der Waals surface area (Å²) in [6.45, 7) is 9.14. The average molecular weight is 576 g/mol. The third-order valence-electron chi connectivity index (χ3n) is 6.55. The Kier molecular flexibility index (Phi) is 13.8. The number of Topliss-reactive ketones (excluding diaryl/α,β-unsaturated/α-hetero) is 1. The maximum atomic E-state index is 13.6. The van der Waals surface area contributed by atoms with E-state index >= 15 is 0 Å². The lowest BCUT2D eigenvalue weighted by molar-refractivity contribution is -0.158. The van der Waals surface area contributed by atoms with Crippen LogP contribution >= 0.6 is 0 Å². The van der Waals surface area contributed by atoms with E-state index in [0.717, 1.165) is 23.5 Å². The standard InChI is InChI=1S/C30H41NO10/c1-19(2)25-18-40-30(37)31(25)29(36)21(4)28(41-22(5)33)27(35)17-24(23-9-6-8-20(3)16-23)26(34)10-7-12-38-14-15-39-13-11-32/h6,8-9,16-17,19,21,25,28,32H,7,10-15,18H2,1-5H3/t21-,25+,28-/m0/s1. The minimum absolute atomic E-state index is 0.0342. The molecule has 41 heavy (non-hydrogen) atoms. The number of ketones is 2. The van der Waals surface area contributed by atoms with Crippen molar-refractivity contribution in [2.45, 2.75) is 59.6 Å². The number of aryl methyl sites for hydroxylation is 1. The molecule has 0 saturated carbocycles. The van der Waals surface area contributed by atoms with Crippen LogP contribution in [0.1, 0.15) is 51.7 Å². The van der Waals surface area contributed by atoms with Gasteiger partial charge < -0.3 is 24.1 Å². The molecule has 11 nitrogen and oxygen atoms in total. The van der Waals surface area contributed by atoms with Gasteiger partial charge in [-0.25, -0.2) is 9.69 Å². The van der Waals surface area contributed by atoms with Gasteiger partial charge in [0.1, 0.15) is 6.61 Å². The summed E-state index contributed by atoms with van der Waals surface area (Å²) in [6, 6.07) is 6.54. The van der Waals surface area contributed by atoms with Crippen molar-refractivity contribution in [3.63, 3.8) is 0 Å². The van der Waals surface area contributed by atoms with Crippen molar-refractivity contribution in [1.82, 2.24) is 4.90 Å². The quantitative estimate of drug-likeness (QED) is 0.167. The van der Waals surface area contributed by atoms with Gasteiger partial charge in [-0.05, 0) is 37.8 Å². The van der Waals surface area contributed by atoms with E-state index in [4.69, 9.17) is 24.1 Å². The van der Waals surface area contributed by atoms with E-state index < -0.39 is 41.8 Å². The Hall–Kier alpha value is -3.41. The van der Waals surface area contributed by atoms with Gasteiger partial charge in [0, 0.05) is 25.5 Å². The number of carbonyl (C=O) groups excluding carboxylic acids is 5. The number of aliphatic hydroxyl groups excluding tert-OH is 1. The van der Waals surface area contributed by atoms with E-state index in [0.29, 0.717) is 25.2 Å². The number of hydrogen-bond acceptors (Lipinski definition) is 10. The summed E-state index contributed by atoms with van der Waals surface area (Å²) in [6.07, 6.45) is -0.807. The summed E-state index contributed by atoms with van der Waals surface area (Å²) in [7, 11) is 0. The fourth-order valence-electron chi connectivity index (χ4n) is 4.33. The Balaban J connectivity index is 2.27. The van der Waals surface area contributed by atoms with Crippen molar-refractivity contribution in [2.75, 3.05) is 39.6 Å². The minimum Gasteiger partial charge on any atom is -0.453 e. The summed E-state index contributed by atoms with van der Waals surface area (Å²) >= 11 is 0. The molecule has 1 heterocycles. The van der Waals surface area contributed by atoms with Crippen molar-refractivity contribution in [3.8, 4) is 0 Å². The van der Waals surface area contributed by atoms with Crippen LogP contribution in [0.4, 0.5) is 4.79 Å². The molecule has 1 fully saturated rings. The molecule has 0 unspecified atom stereocenters. The van der Waals surface area contributed by atoms with Gasteiger partial charge in [-0.3, -0.25) is 19.2 Å². The fraction of sp³-hybridized carbons (Fsp3) is 0.567. The lowest BCUT2D eigenvalue weighted by atomic mass is 9.92. The zero-order valence-electron chi connectivity index (χ0n) is 24.4. The molecular weight excluding hydrogens is 534 g/mol. The van der Waals surface area contributed by atoms with E-state index in [-0.39, 0.29) is 50.1 Å². The molecule has 1 aromatic rings. The predicted octanol–water partition coefficient (Wildman–Crippen LogP) is 2.89. The molecule has 1 aromatic carbocycles. The maximum absolute atomic E-state index is 13.6. The van der Waals surface area contributed by atoms with Gasteiger partial charge in [0.25, 0.3) is 0 Å². The number of benzene rings is 1. The van der Waals surface area contributed by atoms with Gasteiger partial charge in [-0.15, -0.1) is 0 Å². The first-order valence-corrected chi connectivity index (χ1v) is 13.8. The molecule has 0 bridgehead atoms.